The molecule has 6 heteroatoms. The summed E-state index contributed by atoms with van der Waals surface area (Å²) in [5.41, 5.74) is 10.3. The lowest BCUT2D eigenvalue weighted by Crippen LogP contribution is -2.36. The molecule has 1 aliphatic heterocycles. The van der Waals surface area contributed by atoms with Gasteiger partial charge in [-0.25, -0.2) is 9.97 Å². The molecule has 0 saturated carbocycles. The minimum atomic E-state index is 0.537. The molecule has 1 unspecified atom stereocenters. The number of likely N-dealkylation sites (tertiary alicyclic amines) is 1. The van der Waals surface area contributed by atoms with E-state index >= 15 is 0 Å². The summed E-state index contributed by atoms with van der Waals surface area (Å²) in [4.78, 5) is 11.1. The number of nitrogen functional groups attached to an aromatic ring is 1. The number of aryl methyl sites for hydroxylation is 1. The fraction of sp³-hybridized carbons (Fsp3) is 0.391. The lowest BCUT2D eigenvalue weighted by atomic mass is 9.97. The van der Waals surface area contributed by atoms with Crippen molar-refractivity contribution in [2.24, 2.45) is 5.92 Å². The van der Waals surface area contributed by atoms with E-state index in [0.29, 0.717) is 11.7 Å². The Morgan fingerprint density at radius 2 is 2.07 bits per heavy atom. The van der Waals surface area contributed by atoms with Crippen LogP contribution in [-0.2, 0) is 13.1 Å². The molecule has 0 spiro atoms. The van der Waals surface area contributed by atoms with Gasteiger partial charge in [0.05, 0.1) is 19.1 Å². The van der Waals surface area contributed by atoms with E-state index in [0.717, 1.165) is 48.7 Å². The molecular formula is C23H29N5O. The van der Waals surface area contributed by atoms with Crippen LogP contribution in [0.25, 0.3) is 11.1 Å². The zero-order chi connectivity index (χ0) is 20.2. The van der Waals surface area contributed by atoms with Gasteiger partial charge in [-0.15, -0.1) is 0 Å². The van der Waals surface area contributed by atoms with Gasteiger partial charge in [0.25, 0.3) is 0 Å². The minimum absolute atomic E-state index is 0.537. The number of pyridine rings is 1. The number of benzene rings is 1. The van der Waals surface area contributed by atoms with E-state index in [2.05, 4.69) is 49.9 Å². The quantitative estimate of drug-likeness (QED) is 0.693. The van der Waals surface area contributed by atoms with Gasteiger partial charge in [-0.3, -0.25) is 4.90 Å². The molecule has 1 aliphatic rings. The number of nitrogens with zero attached hydrogens (tertiary/aromatic N) is 4. The second-order valence-corrected chi connectivity index (χ2v) is 7.91. The van der Waals surface area contributed by atoms with Crippen LogP contribution in [0.2, 0.25) is 0 Å². The Bertz CT molecular complexity index is 937. The van der Waals surface area contributed by atoms with Crippen molar-refractivity contribution in [2.45, 2.75) is 32.9 Å². The number of methoxy groups -OCH3 is 1. The Morgan fingerprint density at radius 3 is 2.79 bits per heavy atom. The highest BCUT2D eigenvalue weighted by molar-refractivity contribution is 5.75. The molecule has 4 rings (SSSR count). The van der Waals surface area contributed by atoms with Gasteiger partial charge >= 0.3 is 0 Å². The molecule has 152 valence electrons. The van der Waals surface area contributed by atoms with E-state index in [-0.39, 0.29) is 0 Å². The molecule has 2 N–H and O–H groups in total. The summed E-state index contributed by atoms with van der Waals surface area (Å²) in [6.45, 7) is 6.23. The summed E-state index contributed by atoms with van der Waals surface area (Å²) in [6, 6.07) is 10.6. The second-order valence-electron chi connectivity index (χ2n) is 7.91. The van der Waals surface area contributed by atoms with Crippen LogP contribution in [0, 0.1) is 12.8 Å². The standard InChI is InChI=1S/C23H29N5O/c1-17-22(29-2)12-21(23(24)26-17)20-7-5-18(6-8-20)13-27-10-3-4-19(14-27)15-28-11-9-25-16-28/h5-9,11-12,16,19H,3-4,10,13-15H2,1-2H3,(H2,24,26). The lowest BCUT2D eigenvalue weighted by molar-refractivity contribution is 0.156. The number of rotatable bonds is 6. The lowest BCUT2D eigenvalue weighted by Gasteiger charge is -2.33. The summed E-state index contributed by atoms with van der Waals surface area (Å²) in [5.74, 6) is 1.98. The van der Waals surface area contributed by atoms with Crippen LogP contribution in [0.15, 0.2) is 49.1 Å². The molecule has 0 radical (unpaired) electrons. The molecule has 6 nitrogen and oxygen atoms in total. The largest absolute Gasteiger partial charge is 0.495 e. The van der Waals surface area contributed by atoms with E-state index in [4.69, 9.17) is 10.5 Å². The Labute approximate surface area is 172 Å². The van der Waals surface area contributed by atoms with Gasteiger partial charge in [0, 0.05) is 37.6 Å². The molecule has 1 aromatic carbocycles. The SMILES string of the molecule is COc1cc(-c2ccc(CN3CCCC(Cn4ccnc4)C3)cc2)c(N)nc1C. The maximum atomic E-state index is 6.15. The van der Waals surface area contributed by atoms with Crippen molar-refractivity contribution in [3.8, 4) is 16.9 Å². The van der Waals surface area contributed by atoms with Gasteiger partial charge in [-0.1, -0.05) is 24.3 Å². The molecule has 1 saturated heterocycles. The summed E-state index contributed by atoms with van der Waals surface area (Å²) >= 11 is 0. The highest BCUT2D eigenvalue weighted by atomic mass is 16.5. The average molecular weight is 392 g/mol. The number of hydrogen-bond donors (Lipinski definition) is 1. The first-order valence-corrected chi connectivity index (χ1v) is 10.2. The second kappa shape index (κ2) is 8.66. The Balaban J connectivity index is 1.42. The molecule has 29 heavy (non-hydrogen) atoms. The van der Waals surface area contributed by atoms with E-state index < -0.39 is 0 Å². The summed E-state index contributed by atoms with van der Waals surface area (Å²) in [5, 5.41) is 0. The fourth-order valence-electron chi connectivity index (χ4n) is 4.23. The summed E-state index contributed by atoms with van der Waals surface area (Å²) < 4.78 is 7.60. The van der Waals surface area contributed by atoms with Gasteiger partial charge in [-0.05, 0) is 49.4 Å². The Kier molecular flexibility index (Phi) is 5.81. The first-order valence-electron chi connectivity index (χ1n) is 10.2. The predicted octanol–water partition coefficient (Wildman–Crippen LogP) is 3.76. The van der Waals surface area contributed by atoms with Crippen molar-refractivity contribution >= 4 is 5.82 Å². The molecule has 3 heterocycles. The minimum Gasteiger partial charge on any atom is -0.495 e. The molecule has 0 aliphatic carbocycles. The number of ether oxygens (including phenoxy) is 1. The number of imidazole rings is 1. The van der Waals surface area contributed by atoms with Crippen LogP contribution in [0.5, 0.6) is 5.75 Å². The highest BCUT2D eigenvalue weighted by Gasteiger charge is 2.20. The van der Waals surface area contributed by atoms with Gasteiger partial charge in [0.15, 0.2) is 0 Å². The number of aromatic nitrogens is 3. The Morgan fingerprint density at radius 1 is 1.24 bits per heavy atom. The first-order chi connectivity index (χ1) is 14.1. The smallest absolute Gasteiger partial charge is 0.140 e. The number of nitrogens with two attached hydrogens (primary N) is 1. The molecule has 0 amide bonds. The third kappa shape index (κ3) is 4.59. The monoisotopic (exact) mass is 391 g/mol. The van der Waals surface area contributed by atoms with Gasteiger partial charge in [0.1, 0.15) is 11.6 Å². The van der Waals surface area contributed by atoms with Crippen LogP contribution >= 0.6 is 0 Å². The maximum Gasteiger partial charge on any atom is 0.140 e. The van der Waals surface area contributed by atoms with Crippen LogP contribution in [-0.4, -0.2) is 39.6 Å². The molecule has 3 aromatic rings. The Hall–Kier alpha value is -2.86. The van der Waals surface area contributed by atoms with E-state index in [1.54, 1.807) is 7.11 Å². The normalized spacial score (nSPS) is 17.4. The van der Waals surface area contributed by atoms with E-state index in [1.165, 1.54) is 18.4 Å². The average Bonchev–Trinajstić information content (AvgIpc) is 3.22. The number of piperidine rings is 1. The first kappa shape index (κ1) is 19.5. The van der Waals surface area contributed by atoms with Gasteiger partial charge < -0.3 is 15.0 Å². The highest BCUT2D eigenvalue weighted by Crippen LogP contribution is 2.30. The van der Waals surface area contributed by atoms with Crippen LogP contribution < -0.4 is 10.5 Å². The summed E-state index contributed by atoms with van der Waals surface area (Å²) in [6.07, 6.45) is 8.36. The van der Waals surface area contributed by atoms with Crippen LogP contribution in [0.4, 0.5) is 5.82 Å². The van der Waals surface area contributed by atoms with Crippen molar-refractivity contribution in [1.29, 1.82) is 0 Å². The van der Waals surface area contributed by atoms with Crippen molar-refractivity contribution < 1.29 is 4.74 Å². The molecule has 1 fully saturated rings. The van der Waals surface area contributed by atoms with E-state index in [9.17, 15) is 0 Å². The number of hydrogen-bond acceptors (Lipinski definition) is 5. The molecule has 0 bridgehead atoms. The van der Waals surface area contributed by atoms with Crippen LogP contribution in [0.3, 0.4) is 0 Å². The van der Waals surface area contributed by atoms with Crippen molar-refractivity contribution in [3.63, 3.8) is 0 Å². The zero-order valence-electron chi connectivity index (χ0n) is 17.2. The summed E-state index contributed by atoms with van der Waals surface area (Å²) in [7, 11) is 1.66. The third-order valence-corrected chi connectivity index (χ3v) is 5.72. The molecular weight excluding hydrogens is 362 g/mol. The van der Waals surface area contributed by atoms with Crippen molar-refractivity contribution in [2.75, 3.05) is 25.9 Å². The van der Waals surface area contributed by atoms with E-state index in [1.807, 2.05) is 25.5 Å². The van der Waals surface area contributed by atoms with Crippen molar-refractivity contribution in [1.82, 2.24) is 19.4 Å². The number of anilines is 1. The van der Waals surface area contributed by atoms with Crippen molar-refractivity contribution in [3.05, 3.63) is 60.3 Å². The maximum absolute atomic E-state index is 6.15. The third-order valence-electron chi connectivity index (χ3n) is 5.72. The predicted molar refractivity (Wildman–Crippen MR) is 116 cm³/mol. The fourth-order valence-corrected chi connectivity index (χ4v) is 4.23. The molecule has 1 atom stereocenters. The zero-order valence-corrected chi connectivity index (χ0v) is 17.2. The van der Waals surface area contributed by atoms with Gasteiger partial charge in [-0.2, -0.15) is 0 Å². The van der Waals surface area contributed by atoms with Crippen LogP contribution in [0.1, 0.15) is 24.1 Å². The molecule has 2 aromatic heterocycles. The topological polar surface area (TPSA) is 69.2 Å². The van der Waals surface area contributed by atoms with Gasteiger partial charge in [0.2, 0.25) is 0 Å².